The van der Waals surface area contributed by atoms with Crippen molar-refractivity contribution in [2.75, 3.05) is 32.1 Å². The molecule has 94 valence electrons. The Balaban J connectivity index is 2.28. The third-order valence-electron chi connectivity index (χ3n) is 3.43. The van der Waals surface area contributed by atoms with Crippen molar-refractivity contribution in [1.29, 1.82) is 0 Å². The first-order valence-electron chi connectivity index (χ1n) is 5.91. The van der Waals surface area contributed by atoms with Crippen molar-refractivity contribution in [3.8, 4) is 5.75 Å². The van der Waals surface area contributed by atoms with Crippen LogP contribution in [-0.2, 0) is 0 Å². The van der Waals surface area contributed by atoms with Gasteiger partial charge in [-0.2, -0.15) is 0 Å². The van der Waals surface area contributed by atoms with Gasteiger partial charge in [0.15, 0.2) is 0 Å². The minimum Gasteiger partial charge on any atom is -0.495 e. The molecule has 1 atom stereocenters. The van der Waals surface area contributed by atoms with E-state index in [4.69, 9.17) is 16.3 Å². The predicted octanol–water partition coefficient (Wildman–Crippen LogP) is 2.46. The number of anilines is 1. The monoisotopic (exact) mass is 254 g/mol. The van der Waals surface area contributed by atoms with Gasteiger partial charge in [-0.1, -0.05) is 11.6 Å². The van der Waals surface area contributed by atoms with Gasteiger partial charge in [-0.3, -0.25) is 0 Å². The van der Waals surface area contributed by atoms with Crippen molar-refractivity contribution in [1.82, 2.24) is 5.32 Å². The molecule has 0 spiro atoms. The minimum atomic E-state index is 0.554. The number of nitrogens with one attached hydrogen (secondary N) is 1. The van der Waals surface area contributed by atoms with Gasteiger partial charge in [0.05, 0.1) is 12.1 Å². The third-order valence-corrected chi connectivity index (χ3v) is 3.73. The lowest BCUT2D eigenvalue weighted by Crippen LogP contribution is -2.33. The van der Waals surface area contributed by atoms with E-state index in [2.05, 4.69) is 24.2 Å². The second-order valence-electron chi connectivity index (χ2n) is 4.53. The van der Waals surface area contributed by atoms with Crippen LogP contribution in [-0.4, -0.2) is 33.3 Å². The van der Waals surface area contributed by atoms with Crippen molar-refractivity contribution in [3.63, 3.8) is 0 Å². The highest BCUT2D eigenvalue weighted by Gasteiger charge is 2.21. The zero-order chi connectivity index (χ0) is 12.4. The lowest BCUT2D eigenvalue weighted by atomic mass is 10.1. The Morgan fingerprint density at radius 1 is 1.47 bits per heavy atom. The molecule has 1 aromatic rings. The molecule has 1 fully saturated rings. The molecule has 17 heavy (non-hydrogen) atoms. The van der Waals surface area contributed by atoms with Crippen molar-refractivity contribution in [2.45, 2.75) is 19.4 Å². The lowest BCUT2D eigenvalue weighted by molar-refractivity contribution is 0.414. The molecule has 1 unspecified atom stereocenters. The molecule has 1 heterocycles. The number of rotatable bonds is 3. The fourth-order valence-electron chi connectivity index (χ4n) is 2.35. The summed E-state index contributed by atoms with van der Waals surface area (Å²) in [5.41, 5.74) is 2.38. The predicted molar refractivity (Wildman–Crippen MR) is 72.4 cm³/mol. The van der Waals surface area contributed by atoms with Crippen LogP contribution in [0.15, 0.2) is 12.1 Å². The fourth-order valence-corrected chi connectivity index (χ4v) is 2.58. The van der Waals surface area contributed by atoms with Crippen LogP contribution in [0.25, 0.3) is 0 Å². The normalized spacial score (nSPS) is 19.4. The summed E-state index contributed by atoms with van der Waals surface area (Å²) in [4.78, 5) is 2.31. The number of hydrogen-bond acceptors (Lipinski definition) is 3. The average Bonchev–Trinajstić information content (AvgIpc) is 2.84. The maximum absolute atomic E-state index is 6.18. The Hall–Kier alpha value is -0.930. The molecular weight excluding hydrogens is 236 g/mol. The largest absolute Gasteiger partial charge is 0.495 e. The molecule has 0 bridgehead atoms. The van der Waals surface area contributed by atoms with E-state index >= 15 is 0 Å². The zero-order valence-electron chi connectivity index (χ0n) is 10.6. The number of aryl methyl sites for hydroxylation is 1. The number of hydrogen-bond donors (Lipinski definition) is 1. The van der Waals surface area contributed by atoms with Crippen LogP contribution in [0.4, 0.5) is 5.69 Å². The molecule has 0 radical (unpaired) electrons. The minimum absolute atomic E-state index is 0.554. The van der Waals surface area contributed by atoms with Crippen LogP contribution < -0.4 is 15.0 Å². The first-order valence-corrected chi connectivity index (χ1v) is 6.29. The molecule has 0 aliphatic carbocycles. The number of halogens is 1. The van der Waals surface area contributed by atoms with Gasteiger partial charge in [0.2, 0.25) is 0 Å². The van der Waals surface area contributed by atoms with E-state index in [0.717, 1.165) is 18.8 Å². The van der Waals surface area contributed by atoms with Crippen LogP contribution in [0.5, 0.6) is 5.75 Å². The van der Waals surface area contributed by atoms with E-state index in [1.54, 1.807) is 7.11 Å². The standard InChI is InChI=1S/C13H19ClN2O/c1-9-6-13(17-3)11(14)7-12(9)16(2)10-4-5-15-8-10/h6-7,10,15H,4-5,8H2,1-3H3. The Bertz CT molecular complexity index is 403. The molecule has 1 aliphatic heterocycles. The van der Waals surface area contributed by atoms with Gasteiger partial charge in [-0.25, -0.2) is 0 Å². The number of ether oxygens (including phenoxy) is 1. The molecule has 0 aromatic heterocycles. The van der Waals surface area contributed by atoms with E-state index in [1.807, 2.05) is 12.1 Å². The topological polar surface area (TPSA) is 24.5 Å². The Labute approximate surface area is 108 Å². The van der Waals surface area contributed by atoms with Crippen LogP contribution in [0.1, 0.15) is 12.0 Å². The smallest absolute Gasteiger partial charge is 0.137 e. The van der Waals surface area contributed by atoms with Gasteiger partial charge >= 0.3 is 0 Å². The van der Waals surface area contributed by atoms with Crippen LogP contribution in [0, 0.1) is 6.92 Å². The van der Waals surface area contributed by atoms with Gasteiger partial charge in [0.25, 0.3) is 0 Å². The van der Waals surface area contributed by atoms with Crippen LogP contribution in [0.3, 0.4) is 0 Å². The average molecular weight is 255 g/mol. The molecule has 0 amide bonds. The maximum Gasteiger partial charge on any atom is 0.137 e. The molecule has 2 rings (SSSR count). The summed E-state index contributed by atoms with van der Waals surface area (Å²) in [6.07, 6.45) is 1.18. The second kappa shape index (κ2) is 5.15. The highest BCUT2D eigenvalue weighted by Crippen LogP contribution is 2.33. The molecule has 0 saturated carbocycles. The summed E-state index contributed by atoms with van der Waals surface area (Å²) in [6.45, 7) is 4.23. The quantitative estimate of drug-likeness (QED) is 0.897. The van der Waals surface area contributed by atoms with Gasteiger partial charge < -0.3 is 15.0 Å². The Morgan fingerprint density at radius 2 is 2.24 bits per heavy atom. The van der Waals surface area contributed by atoms with Crippen molar-refractivity contribution >= 4 is 17.3 Å². The summed E-state index contributed by atoms with van der Waals surface area (Å²) in [5, 5.41) is 4.05. The van der Waals surface area contributed by atoms with Gasteiger partial charge in [-0.05, 0) is 37.6 Å². The van der Waals surface area contributed by atoms with Gasteiger partial charge in [0, 0.05) is 25.3 Å². The van der Waals surface area contributed by atoms with Gasteiger partial charge in [0.1, 0.15) is 5.75 Å². The SMILES string of the molecule is COc1cc(C)c(N(C)C2CCNC2)cc1Cl. The molecule has 1 saturated heterocycles. The summed E-state index contributed by atoms with van der Waals surface area (Å²) >= 11 is 6.18. The second-order valence-corrected chi connectivity index (χ2v) is 4.94. The highest BCUT2D eigenvalue weighted by atomic mass is 35.5. The number of nitrogens with zero attached hydrogens (tertiary/aromatic N) is 1. The van der Waals surface area contributed by atoms with E-state index in [0.29, 0.717) is 11.1 Å². The van der Waals surface area contributed by atoms with Crippen LogP contribution in [0.2, 0.25) is 5.02 Å². The zero-order valence-corrected chi connectivity index (χ0v) is 11.3. The summed E-state index contributed by atoms with van der Waals surface area (Å²) in [5.74, 6) is 0.742. The number of likely N-dealkylation sites (N-methyl/N-ethyl adjacent to an activating group) is 1. The fraction of sp³-hybridized carbons (Fsp3) is 0.538. The number of methoxy groups -OCH3 is 1. The van der Waals surface area contributed by atoms with Crippen molar-refractivity contribution < 1.29 is 4.74 Å². The number of benzene rings is 1. The third kappa shape index (κ3) is 2.50. The molecule has 3 nitrogen and oxygen atoms in total. The molecule has 1 aliphatic rings. The summed E-state index contributed by atoms with van der Waals surface area (Å²) < 4.78 is 5.22. The Morgan fingerprint density at radius 3 is 2.82 bits per heavy atom. The first kappa shape index (κ1) is 12.5. The van der Waals surface area contributed by atoms with E-state index in [9.17, 15) is 0 Å². The van der Waals surface area contributed by atoms with Crippen molar-refractivity contribution in [3.05, 3.63) is 22.7 Å². The highest BCUT2D eigenvalue weighted by molar-refractivity contribution is 6.32. The van der Waals surface area contributed by atoms with Gasteiger partial charge in [-0.15, -0.1) is 0 Å². The van der Waals surface area contributed by atoms with Crippen molar-refractivity contribution in [2.24, 2.45) is 0 Å². The molecule has 1 N–H and O–H groups in total. The Kier molecular flexibility index (Phi) is 3.79. The lowest BCUT2D eigenvalue weighted by Gasteiger charge is -2.28. The summed E-state index contributed by atoms with van der Waals surface area (Å²) in [7, 11) is 3.77. The van der Waals surface area contributed by atoms with Crippen LogP contribution >= 0.6 is 11.6 Å². The summed E-state index contributed by atoms with van der Waals surface area (Å²) in [6, 6.07) is 4.54. The van der Waals surface area contributed by atoms with E-state index in [1.165, 1.54) is 17.7 Å². The molecule has 4 heteroatoms. The van der Waals surface area contributed by atoms with E-state index in [-0.39, 0.29) is 0 Å². The molecule has 1 aromatic carbocycles. The van der Waals surface area contributed by atoms with E-state index < -0.39 is 0 Å². The maximum atomic E-state index is 6.18. The molecular formula is C13H19ClN2O. The first-order chi connectivity index (χ1) is 8.13.